The minimum Gasteiger partial charge on any atom is -0.453 e. The number of para-hydroxylation sites is 2. The van der Waals surface area contributed by atoms with E-state index in [2.05, 4.69) is 99.3 Å². The van der Waals surface area contributed by atoms with Crippen molar-refractivity contribution in [3.05, 3.63) is 97.1 Å². The van der Waals surface area contributed by atoms with Gasteiger partial charge in [0.15, 0.2) is 11.5 Å². The van der Waals surface area contributed by atoms with Crippen molar-refractivity contribution >= 4 is 29.6 Å². The molecule has 35 heavy (non-hydrogen) atoms. The summed E-state index contributed by atoms with van der Waals surface area (Å²) >= 11 is 0. The van der Waals surface area contributed by atoms with Gasteiger partial charge in [0.2, 0.25) is 0 Å². The monoisotopic (exact) mass is 461 g/mol. The van der Waals surface area contributed by atoms with Gasteiger partial charge >= 0.3 is 7.12 Å². The lowest BCUT2D eigenvalue weighted by Crippen LogP contribution is -2.41. The van der Waals surface area contributed by atoms with Crippen LogP contribution >= 0.6 is 0 Å². The van der Waals surface area contributed by atoms with Gasteiger partial charge in [0.25, 0.3) is 0 Å². The van der Waals surface area contributed by atoms with Gasteiger partial charge < -0.3 is 18.9 Å². The van der Waals surface area contributed by atoms with Crippen LogP contribution in [0.3, 0.4) is 0 Å². The first-order chi connectivity index (χ1) is 16.8. The number of hydrogen-bond acceptors (Lipinski definition) is 4. The van der Waals surface area contributed by atoms with E-state index < -0.39 is 18.3 Å². The Morgan fingerprint density at radius 1 is 0.600 bits per heavy atom. The number of benzene rings is 4. The molecule has 0 aromatic heterocycles. The van der Waals surface area contributed by atoms with Crippen LogP contribution in [0.1, 0.15) is 27.7 Å². The van der Waals surface area contributed by atoms with Gasteiger partial charge in [-0.3, -0.25) is 0 Å². The zero-order chi connectivity index (χ0) is 24.2. The molecule has 4 nitrogen and oxygen atoms in total. The maximum atomic E-state index is 6.37. The lowest BCUT2D eigenvalue weighted by molar-refractivity contribution is 0.00578. The third kappa shape index (κ3) is 3.72. The average Bonchev–Trinajstić information content (AvgIpc) is 3.09. The SMILES string of the molecule is CC1(C)OB(c2ccc3c(c2)Oc2ccccc2N3c2ccc(-c3ccccc3)cc2)OC1(C)C. The number of fused-ring (bicyclic) bond motifs is 2. The summed E-state index contributed by atoms with van der Waals surface area (Å²) in [5, 5.41) is 0. The Labute approximate surface area is 207 Å². The predicted molar refractivity (Wildman–Crippen MR) is 142 cm³/mol. The first kappa shape index (κ1) is 22.0. The van der Waals surface area contributed by atoms with Crippen LogP contribution < -0.4 is 15.1 Å². The maximum Gasteiger partial charge on any atom is 0.494 e. The third-order valence-corrected chi connectivity index (χ3v) is 7.31. The van der Waals surface area contributed by atoms with Crippen molar-refractivity contribution in [3.8, 4) is 22.6 Å². The molecular weight excluding hydrogens is 433 g/mol. The first-order valence-corrected chi connectivity index (χ1v) is 12.0. The van der Waals surface area contributed by atoms with Crippen LogP contribution in [-0.4, -0.2) is 18.3 Å². The van der Waals surface area contributed by atoms with Gasteiger partial charge in [0, 0.05) is 5.69 Å². The highest BCUT2D eigenvalue weighted by Crippen LogP contribution is 2.50. The second kappa shape index (κ2) is 8.01. The van der Waals surface area contributed by atoms with E-state index in [1.807, 2.05) is 30.3 Å². The highest BCUT2D eigenvalue weighted by atomic mass is 16.7. The zero-order valence-electron chi connectivity index (χ0n) is 20.5. The summed E-state index contributed by atoms with van der Waals surface area (Å²) in [4.78, 5) is 2.25. The molecule has 0 saturated carbocycles. The van der Waals surface area contributed by atoms with E-state index in [9.17, 15) is 0 Å². The van der Waals surface area contributed by atoms with Crippen molar-refractivity contribution in [1.82, 2.24) is 0 Å². The fourth-order valence-electron chi connectivity index (χ4n) is 4.61. The molecule has 0 aliphatic carbocycles. The number of nitrogens with zero attached hydrogens (tertiary/aromatic N) is 1. The standard InChI is InChI=1S/C30H28BNO3/c1-29(2)30(3,4)35-31(34-29)23-16-19-26-28(20-23)33-27-13-9-8-12-25(27)32(26)24-17-14-22(15-18-24)21-10-6-5-7-11-21/h5-20H,1-4H3. The van der Waals surface area contributed by atoms with Crippen LogP contribution in [0.15, 0.2) is 97.1 Å². The van der Waals surface area contributed by atoms with Gasteiger partial charge in [0.1, 0.15) is 0 Å². The molecule has 0 unspecified atom stereocenters. The van der Waals surface area contributed by atoms with Gasteiger partial charge in [-0.15, -0.1) is 0 Å². The molecule has 0 atom stereocenters. The molecule has 2 aliphatic rings. The van der Waals surface area contributed by atoms with E-state index in [4.69, 9.17) is 14.0 Å². The van der Waals surface area contributed by atoms with Gasteiger partial charge in [-0.2, -0.15) is 0 Å². The molecule has 4 aromatic rings. The Morgan fingerprint density at radius 2 is 1.20 bits per heavy atom. The van der Waals surface area contributed by atoms with Crippen LogP contribution in [0.5, 0.6) is 11.5 Å². The molecule has 2 heterocycles. The van der Waals surface area contributed by atoms with E-state index in [0.29, 0.717) is 0 Å². The van der Waals surface area contributed by atoms with Gasteiger partial charge in [-0.05, 0) is 80.7 Å². The summed E-state index contributed by atoms with van der Waals surface area (Å²) in [5.41, 5.74) is 5.61. The molecule has 0 N–H and O–H groups in total. The van der Waals surface area contributed by atoms with E-state index in [1.54, 1.807) is 0 Å². The van der Waals surface area contributed by atoms with Crippen molar-refractivity contribution < 1.29 is 14.0 Å². The Kier molecular flexibility index (Phi) is 5.03. The second-order valence-electron chi connectivity index (χ2n) is 10.1. The quantitative estimate of drug-likeness (QED) is 0.265. The summed E-state index contributed by atoms with van der Waals surface area (Å²) in [6, 6.07) is 33.4. The highest BCUT2D eigenvalue weighted by molar-refractivity contribution is 6.62. The minimum absolute atomic E-state index is 0.395. The number of anilines is 3. The van der Waals surface area contributed by atoms with Gasteiger partial charge in [0.05, 0.1) is 22.6 Å². The summed E-state index contributed by atoms with van der Waals surface area (Å²) in [5.74, 6) is 1.60. The summed E-state index contributed by atoms with van der Waals surface area (Å²) in [6.45, 7) is 8.27. The van der Waals surface area contributed by atoms with E-state index in [1.165, 1.54) is 11.1 Å². The average molecular weight is 461 g/mol. The van der Waals surface area contributed by atoms with Gasteiger partial charge in [-0.1, -0.05) is 60.7 Å². The molecule has 174 valence electrons. The molecule has 5 heteroatoms. The van der Waals surface area contributed by atoms with Crippen LogP contribution in [0.4, 0.5) is 17.1 Å². The van der Waals surface area contributed by atoms with Crippen LogP contribution in [0.25, 0.3) is 11.1 Å². The van der Waals surface area contributed by atoms with Crippen LogP contribution in [-0.2, 0) is 9.31 Å². The molecule has 1 saturated heterocycles. The minimum atomic E-state index is -0.440. The molecule has 0 radical (unpaired) electrons. The van der Waals surface area contributed by atoms with Crippen molar-refractivity contribution in [2.45, 2.75) is 38.9 Å². The Morgan fingerprint density at radius 3 is 1.91 bits per heavy atom. The zero-order valence-corrected chi connectivity index (χ0v) is 20.5. The fourth-order valence-corrected chi connectivity index (χ4v) is 4.61. The Bertz CT molecular complexity index is 1370. The largest absolute Gasteiger partial charge is 0.494 e. The number of rotatable bonds is 3. The molecular formula is C30H28BNO3. The molecule has 6 rings (SSSR count). The lowest BCUT2D eigenvalue weighted by atomic mass is 9.79. The molecule has 4 aromatic carbocycles. The van der Waals surface area contributed by atoms with Crippen molar-refractivity contribution in [2.24, 2.45) is 0 Å². The maximum absolute atomic E-state index is 6.37. The fraction of sp³-hybridized carbons (Fsp3) is 0.200. The number of hydrogen-bond donors (Lipinski definition) is 0. The molecule has 1 fully saturated rings. The second-order valence-corrected chi connectivity index (χ2v) is 10.1. The normalized spacial score (nSPS) is 17.5. The highest BCUT2D eigenvalue weighted by Gasteiger charge is 2.52. The van der Waals surface area contributed by atoms with Crippen LogP contribution in [0.2, 0.25) is 0 Å². The predicted octanol–water partition coefficient (Wildman–Crippen LogP) is 7.23. The Hall–Kier alpha value is -3.54. The van der Waals surface area contributed by atoms with Gasteiger partial charge in [-0.25, -0.2) is 0 Å². The third-order valence-electron chi connectivity index (χ3n) is 7.31. The van der Waals surface area contributed by atoms with Crippen molar-refractivity contribution in [1.29, 1.82) is 0 Å². The summed E-state index contributed by atoms with van der Waals surface area (Å²) in [6.07, 6.45) is 0. The van der Waals surface area contributed by atoms with E-state index in [-0.39, 0.29) is 0 Å². The summed E-state index contributed by atoms with van der Waals surface area (Å²) < 4.78 is 18.9. The van der Waals surface area contributed by atoms with Crippen LogP contribution in [0, 0.1) is 0 Å². The number of ether oxygens (including phenoxy) is 1. The first-order valence-electron chi connectivity index (χ1n) is 12.0. The molecule has 0 bridgehead atoms. The molecule has 0 amide bonds. The lowest BCUT2D eigenvalue weighted by Gasteiger charge is -2.33. The molecule has 2 aliphatic heterocycles. The smallest absolute Gasteiger partial charge is 0.453 e. The molecule has 0 spiro atoms. The van der Waals surface area contributed by atoms with E-state index >= 15 is 0 Å². The Balaban J connectivity index is 1.39. The van der Waals surface area contributed by atoms with Crippen molar-refractivity contribution in [3.63, 3.8) is 0 Å². The summed E-state index contributed by atoms with van der Waals surface area (Å²) in [7, 11) is -0.440. The topological polar surface area (TPSA) is 30.9 Å². The van der Waals surface area contributed by atoms with Crippen molar-refractivity contribution in [2.75, 3.05) is 4.90 Å². The van der Waals surface area contributed by atoms with E-state index in [0.717, 1.165) is 34.0 Å².